The van der Waals surface area contributed by atoms with Crippen molar-refractivity contribution in [2.75, 3.05) is 0 Å². The molecule has 1 unspecified atom stereocenters. The zero-order valence-corrected chi connectivity index (χ0v) is 16.3. The topological polar surface area (TPSA) is 101 Å². The molecule has 0 spiro atoms. The molecule has 0 aliphatic carbocycles. The standard InChI is InChI=1S/C23H20N4O3/c1-15(22-25-19-13-12-18(27(29)30)14-20(19)26-22)24-23(28)21(16-8-4-2-5-9-16)17-10-6-3-7-11-17/h2-15,21H,1H3,(H,24,28)(H,25,26). The number of hydrogen-bond acceptors (Lipinski definition) is 4. The van der Waals surface area contributed by atoms with Gasteiger partial charge in [0.1, 0.15) is 5.82 Å². The third-order valence-electron chi connectivity index (χ3n) is 4.99. The monoisotopic (exact) mass is 400 g/mol. The van der Waals surface area contributed by atoms with Gasteiger partial charge in [-0.3, -0.25) is 14.9 Å². The predicted molar refractivity (Wildman–Crippen MR) is 114 cm³/mol. The number of nitro groups is 1. The Labute approximate surface area is 172 Å². The Bertz CT molecular complexity index is 1150. The first-order valence-corrected chi connectivity index (χ1v) is 9.57. The number of imidazole rings is 1. The van der Waals surface area contributed by atoms with Crippen molar-refractivity contribution in [3.8, 4) is 0 Å². The zero-order chi connectivity index (χ0) is 21.1. The lowest BCUT2D eigenvalue weighted by molar-refractivity contribution is -0.384. The van der Waals surface area contributed by atoms with Crippen LogP contribution in [0.1, 0.15) is 35.8 Å². The molecular weight excluding hydrogens is 380 g/mol. The van der Waals surface area contributed by atoms with Gasteiger partial charge in [0.15, 0.2) is 0 Å². The van der Waals surface area contributed by atoms with Crippen molar-refractivity contribution in [2.45, 2.75) is 18.9 Å². The van der Waals surface area contributed by atoms with Gasteiger partial charge in [-0.2, -0.15) is 0 Å². The second kappa shape index (κ2) is 8.16. The number of amides is 1. The molecule has 30 heavy (non-hydrogen) atoms. The minimum atomic E-state index is -0.458. The summed E-state index contributed by atoms with van der Waals surface area (Å²) < 4.78 is 0. The Kier molecular flexibility index (Phi) is 5.26. The van der Waals surface area contributed by atoms with Gasteiger partial charge in [-0.1, -0.05) is 60.7 Å². The largest absolute Gasteiger partial charge is 0.346 e. The van der Waals surface area contributed by atoms with E-state index in [9.17, 15) is 14.9 Å². The summed E-state index contributed by atoms with van der Waals surface area (Å²) in [5.41, 5.74) is 2.95. The Morgan fingerprint density at radius 2 is 1.60 bits per heavy atom. The Morgan fingerprint density at radius 3 is 2.17 bits per heavy atom. The van der Waals surface area contributed by atoms with Crippen LogP contribution in [0.5, 0.6) is 0 Å². The van der Waals surface area contributed by atoms with Crippen molar-refractivity contribution >= 4 is 22.6 Å². The molecule has 7 nitrogen and oxygen atoms in total. The predicted octanol–water partition coefficient (Wildman–Crippen LogP) is 4.48. The summed E-state index contributed by atoms with van der Waals surface area (Å²) in [6.07, 6.45) is 0. The molecule has 4 aromatic rings. The number of benzene rings is 3. The van der Waals surface area contributed by atoms with Crippen LogP contribution in [0, 0.1) is 10.1 Å². The summed E-state index contributed by atoms with van der Waals surface area (Å²) in [5.74, 6) is -0.0645. The number of aromatic nitrogens is 2. The van der Waals surface area contributed by atoms with Crippen LogP contribution < -0.4 is 5.32 Å². The molecule has 0 aliphatic rings. The summed E-state index contributed by atoms with van der Waals surface area (Å²) >= 11 is 0. The van der Waals surface area contributed by atoms with E-state index in [1.165, 1.54) is 12.1 Å². The van der Waals surface area contributed by atoms with Crippen LogP contribution in [-0.4, -0.2) is 20.8 Å². The van der Waals surface area contributed by atoms with Crippen LogP contribution in [-0.2, 0) is 4.79 Å². The highest BCUT2D eigenvalue weighted by molar-refractivity contribution is 5.87. The van der Waals surface area contributed by atoms with Gasteiger partial charge in [0.25, 0.3) is 5.69 Å². The van der Waals surface area contributed by atoms with E-state index in [1.807, 2.05) is 67.6 Å². The minimum Gasteiger partial charge on any atom is -0.346 e. The van der Waals surface area contributed by atoms with E-state index in [4.69, 9.17) is 0 Å². The maximum atomic E-state index is 13.2. The van der Waals surface area contributed by atoms with Crippen LogP contribution in [0.15, 0.2) is 78.9 Å². The first kappa shape index (κ1) is 19.3. The zero-order valence-electron chi connectivity index (χ0n) is 16.3. The van der Waals surface area contributed by atoms with E-state index in [-0.39, 0.29) is 11.6 Å². The molecule has 1 aromatic heterocycles. The number of nitrogens with zero attached hydrogens (tertiary/aromatic N) is 2. The molecule has 0 fully saturated rings. The fourth-order valence-electron chi connectivity index (χ4n) is 3.49. The van der Waals surface area contributed by atoms with E-state index < -0.39 is 16.9 Å². The molecule has 1 atom stereocenters. The summed E-state index contributed by atoms with van der Waals surface area (Å²) in [5, 5.41) is 14.0. The molecule has 3 aromatic carbocycles. The Hall–Kier alpha value is -4.00. The van der Waals surface area contributed by atoms with E-state index in [0.29, 0.717) is 16.9 Å². The first-order valence-electron chi connectivity index (χ1n) is 9.57. The number of rotatable bonds is 6. The number of hydrogen-bond donors (Lipinski definition) is 2. The van der Waals surface area contributed by atoms with Gasteiger partial charge in [0, 0.05) is 12.1 Å². The highest BCUT2D eigenvalue weighted by Gasteiger charge is 2.25. The molecule has 1 heterocycles. The van der Waals surface area contributed by atoms with Crippen LogP contribution in [0.3, 0.4) is 0 Å². The van der Waals surface area contributed by atoms with Crippen molar-refractivity contribution < 1.29 is 9.72 Å². The summed E-state index contributed by atoms with van der Waals surface area (Å²) in [4.78, 5) is 31.3. The lowest BCUT2D eigenvalue weighted by Gasteiger charge is -2.20. The summed E-state index contributed by atoms with van der Waals surface area (Å²) in [6.45, 7) is 1.83. The van der Waals surface area contributed by atoms with E-state index in [0.717, 1.165) is 11.1 Å². The van der Waals surface area contributed by atoms with Gasteiger partial charge in [0.05, 0.1) is 27.9 Å². The molecule has 150 valence electrons. The van der Waals surface area contributed by atoms with Crippen LogP contribution in [0.25, 0.3) is 11.0 Å². The van der Waals surface area contributed by atoms with Crippen molar-refractivity contribution in [3.05, 3.63) is 106 Å². The highest BCUT2D eigenvalue weighted by atomic mass is 16.6. The molecule has 7 heteroatoms. The average Bonchev–Trinajstić information content (AvgIpc) is 3.19. The number of aromatic amines is 1. The van der Waals surface area contributed by atoms with Gasteiger partial charge in [-0.05, 0) is 24.1 Å². The van der Waals surface area contributed by atoms with Crippen molar-refractivity contribution in [3.63, 3.8) is 0 Å². The van der Waals surface area contributed by atoms with E-state index in [1.54, 1.807) is 6.07 Å². The molecular formula is C23H20N4O3. The lowest BCUT2D eigenvalue weighted by Crippen LogP contribution is -2.32. The first-order chi connectivity index (χ1) is 14.5. The Balaban J connectivity index is 1.61. The van der Waals surface area contributed by atoms with Crippen molar-refractivity contribution in [2.24, 2.45) is 0 Å². The highest BCUT2D eigenvalue weighted by Crippen LogP contribution is 2.26. The quantitative estimate of drug-likeness (QED) is 0.368. The lowest BCUT2D eigenvalue weighted by atomic mass is 9.90. The van der Waals surface area contributed by atoms with Crippen LogP contribution in [0.2, 0.25) is 0 Å². The van der Waals surface area contributed by atoms with E-state index >= 15 is 0 Å². The molecule has 0 saturated heterocycles. The maximum Gasteiger partial charge on any atom is 0.271 e. The molecule has 0 aliphatic heterocycles. The molecule has 4 rings (SSSR count). The molecule has 1 amide bonds. The molecule has 0 saturated carbocycles. The van der Waals surface area contributed by atoms with Gasteiger partial charge in [-0.15, -0.1) is 0 Å². The fourth-order valence-corrected chi connectivity index (χ4v) is 3.49. The van der Waals surface area contributed by atoms with Gasteiger partial charge in [-0.25, -0.2) is 4.98 Å². The third-order valence-corrected chi connectivity index (χ3v) is 4.99. The number of nitro benzene ring substituents is 1. The second-order valence-corrected chi connectivity index (χ2v) is 7.07. The fraction of sp³-hybridized carbons (Fsp3) is 0.130. The minimum absolute atomic E-state index is 0.0115. The number of carbonyl (C=O) groups excluding carboxylic acids is 1. The van der Waals surface area contributed by atoms with E-state index in [2.05, 4.69) is 15.3 Å². The van der Waals surface area contributed by atoms with Crippen molar-refractivity contribution in [1.82, 2.24) is 15.3 Å². The number of carbonyl (C=O) groups is 1. The number of fused-ring (bicyclic) bond motifs is 1. The Morgan fingerprint density at radius 1 is 1.00 bits per heavy atom. The molecule has 0 radical (unpaired) electrons. The van der Waals surface area contributed by atoms with Gasteiger partial charge >= 0.3 is 0 Å². The van der Waals surface area contributed by atoms with Crippen LogP contribution >= 0.6 is 0 Å². The average molecular weight is 400 g/mol. The SMILES string of the molecule is CC(NC(=O)C(c1ccccc1)c1ccccc1)c1nc2ccc([N+](=O)[O-])cc2[nH]1. The van der Waals surface area contributed by atoms with Gasteiger partial charge in [0.2, 0.25) is 5.91 Å². The second-order valence-electron chi connectivity index (χ2n) is 7.07. The maximum absolute atomic E-state index is 13.2. The smallest absolute Gasteiger partial charge is 0.271 e. The third kappa shape index (κ3) is 3.91. The molecule has 2 N–H and O–H groups in total. The summed E-state index contributed by atoms with van der Waals surface area (Å²) in [6, 6.07) is 23.3. The van der Waals surface area contributed by atoms with Crippen molar-refractivity contribution in [1.29, 1.82) is 0 Å². The normalized spacial score (nSPS) is 12.1. The number of non-ortho nitro benzene ring substituents is 1. The molecule has 0 bridgehead atoms. The van der Waals surface area contributed by atoms with Gasteiger partial charge < -0.3 is 10.3 Å². The van der Waals surface area contributed by atoms with Crippen LogP contribution in [0.4, 0.5) is 5.69 Å². The summed E-state index contributed by atoms with van der Waals surface area (Å²) in [7, 11) is 0. The number of nitrogens with one attached hydrogen (secondary N) is 2. The number of H-pyrrole nitrogens is 1.